The number of likely N-dealkylation sites (tertiary alicyclic amines) is 1. The van der Waals surface area contributed by atoms with Crippen molar-refractivity contribution >= 4 is 5.91 Å². The molecule has 3 unspecified atom stereocenters. The highest BCUT2D eigenvalue weighted by Gasteiger charge is 2.42. The van der Waals surface area contributed by atoms with Crippen LogP contribution in [0.1, 0.15) is 57.8 Å². The number of carbonyl (C=O) groups excluding carboxylic acids is 1. The van der Waals surface area contributed by atoms with E-state index >= 15 is 0 Å². The summed E-state index contributed by atoms with van der Waals surface area (Å²) in [5.74, 6) is 3.05. The van der Waals surface area contributed by atoms with Crippen molar-refractivity contribution in [2.45, 2.75) is 57.8 Å². The van der Waals surface area contributed by atoms with E-state index in [4.69, 9.17) is 0 Å². The molecule has 1 amide bonds. The van der Waals surface area contributed by atoms with Crippen LogP contribution in [0.2, 0.25) is 0 Å². The van der Waals surface area contributed by atoms with Gasteiger partial charge in [0.15, 0.2) is 0 Å². The molecule has 0 radical (unpaired) electrons. The third-order valence-electron chi connectivity index (χ3n) is 7.16. The van der Waals surface area contributed by atoms with Crippen molar-refractivity contribution in [3.8, 4) is 0 Å². The molecule has 4 fully saturated rings. The fourth-order valence-corrected chi connectivity index (χ4v) is 5.67. The number of rotatable bonds is 2. The van der Waals surface area contributed by atoms with E-state index in [1.54, 1.807) is 0 Å². The van der Waals surface area contributed by atoms with Crippen LogP contribution >= 0.6 is 0 Å². The molecule has 0 aromatic carbocycles. The normalized spacial score (nSPS) is 38.1. The first-order chi connectivity index (χ1) is 10.2. The fraction of sp³-hybridized carbons (Fsp3) is 0.944. The van der Waals surface area contributed by atoms with E-state index in [0.717, 1.165) is 37.3 Å². The van der Waals surface area contributed by atoms with E-state index in [-0.39, 0.29) is 0 Å². The third-order valence-corrected chi connectivity index (χ3v) is 7.16. The highest BCUT2D eigenvalue weighted by atomic mass is 16.2. The maximum absolute atomic E-state index is 12.6. The van der Waals surface area contributed by atoms with Gasteiger partial charge in [-0.05, 0) is 81.2 Å². The monoisotopic (exact) mass is 290 g/mol. The predicted molar refractivity (Wildman–Crippen MR) is 83.9 cm³/mol. The second kappa shape index (κ2) is 5.57. The van der Waals surface area contributed by atoms with E-state index < -0.39 is 0 Å². The van der Waals surface area contributed by atoms with E-state index in [1.165, 1.54) is 64.5 Å². The summed E-state index contributed by atoms with van der Waals surface area (Å²) in [6, 6.07) is 0. The Balaban J connectivity index is 1.28. The topological polar surface area (TPSA) is 32.3 Å². The highest BCUT2D eigenvalue weighted by molar-refractivity contribution is 5.76. The molecule has 0 aromatic heterocycles. The Labute approximate surface area is 128 Å². The van der Waals surface area contributed by atoms with Gasteiger partial charge < -0.3 is 10.2 Å². The Hall–Kier alpha value is -0.570. The van der Waals surface area contributed by atoms with Crippen LogP contribution in [-0.4, -0.2) is 37.0 Å². The quantitative estimate of drug-likeness (QED) is 0.848. The SMILES string of the molecule is O=C(CC1CC2CCC1C2)N1CCC2(CCNCC2)CC1. The lowest BCUT2D eigenvalue weighted by Crippen LogP contribution is -2.47. The van der Waals surface area contributed by atoms with Gasteiger partial charge >= 0.3 is 0 Å². The van der Waals surface area contributed by atoms with Crippen LogP contribution in [0, 0.1) is 23.2 Å². The molecule has 118 valence electrons. The van der Waals surface area contributed by atoms with E-state index in [9.17, 15) is 4.79 Å². The molecule has 1 N–H and O–H groups in total. The minimum absolute atomic E-state index is 0.469. The maximum Gasteiger partial charge on any atom is 0.222 e. The van der Waals surface area contributed by atoms with Crippen LogP contribution in [0.3, 0.4) is 0 Å². The number of nitrogens with zero attached hydrogens (tertiary/aromatic N) is 1. The van der Waals surface area contributed by atoms with Gasteiger partial charge in [0, 0.05) is 19.5 Å². The summed E-state index contributed by atoms with van der Waals surface area (Å²) < 4.78 is 0. The number of piperidine rings is 2. The van der Waals surface area contributed by atoms with Crippen molar-refractivity contribution in [3.05, 3.63) is 0 Å². The van der Waals surface area contributed by atoms with Crippen LogP contribution in [0.5, 0.6) is 0 Å². The van der Waals surface area contributed by atoms with E-state index in [1.807, 2.05) is 0 Å². The van der Waals surface area contributed by atoms with Gasteiger partial charge in [-0.1, -0.05) is 6.42 Å². The van der Waals surface area contributed by atoms with Crippen LogP contribution in [0.4, 0.5) is 0 Å². The van der Waals surface area contributed by atoms with Crippen molar-refractivity contribution in [1.82, 2.24) is 10.2 Å². The fourth-order valence-electron chi connectivity index (χ4n) is 5.67. The first-order valence-electron chi connectivity index (χ1n) is 9.23. The van der Waals surface area contributed by atoms with Gasteiger partial charge in [0.2, 0.25) is 5.91 Å². The van der Waals surface area contributed by atoms with Gasteiger partial charge in [0.25, 0.3) is 0 Å². The van der Waals surface area contributed by atoms with Crippen molar-refractivity contribution in [1.29, 1.82) is 0 Å². The summed E-state index contributed by atoms with van der Waals surface area (Å²) in [6.07, 6.45) is 11.6. The highest BCUT2D eigenvalue weighted by Crippen LogP contribution is 2.50. The molecule has 3 atom stereocenters. The minimum atomic E-state index is 0.469. The molecule has 21 heavy (non-hydrogen) atoms. The van der Waals surface area contributed by atoms with Gasteiger partial charge in [-0.2, -0.15) is 0 Å². The Kier molecular flexibility index (Phi) is 3.72. The number of hydrogen-bond acceptors (Lipinski definition) is 2. The molecule has 2 bridgehead atoms. The maximum atomic E-state index is 12.6. The summed E-state index contributed by atoms with van der Waals surface area (Å²) >= 11 is 0. The number of nitrogens with one attached hydrogen (secondary N) is 1. The molecule has 4 rings (SSSR count). The minimum Gasteiger partial charge on any atom is -0.343 e. The number of fused-ring (bicyclic) bond motifs is 2. The molecule has 0 aromatic rings. The zero-order valence-corrected chi connectivity index (χ0v) is 13.3. The van der Waals surface area contributed by atoms with Gasteiger partial charge in [-0.25, -0.2) is 0 Å². The molecule has 1 spiro atoms. The zero-order chi connectivity index (χ0) is 14.3. The first-order valence-corrected chi connectivity index (χ1v) is 9.23. The molecular weight excluding hydrogens is 260 g/mol. The molecule has 2 saturated heterocycles. The Morgan fingerprint density at radius 1 is 1.05 bits per heavy atom. The summed E-state index contributed by atoms with van der Waals surface area (Å²) in [5, 5.41) is 3.47. The molecule has 2 aliphatic heterocycles. The third kappa shape index (κ3) is 2.74. The van der Waals surface area contributed by atoms with Crippen molar-refractivity contribution in [3.63, 3.8) is 0 Å². The van der Waals surface area contributed by atoms with Gasteiger partial charge in [0.05, 0.1) is 0 Å². The van der Waals surface area contributed by atoms with Gasteiger partial charge in [-0.3, -0.25) is 4.79 Å². The largest absolute Gasteiger partial charge is 0.343 e. The van der Waals surface area contributed by atoms with E-state index in [2.05, 4.69) is 10.2 Å². The predicted octanol–water partition coefficient (Wildman–Crippen LogP) is 2.80. The van der Waals surface area contributed by atoms with E-state index in [0.29, 0.717) is 11.3 Å². The number of hydrogen-bond donors (Lipinski definition) is 1. The lowest BCUT2D eigenvalue weighted by molar-refractivity contribution is -0.135. The Morgan fingerprint density at radius 3 is 2.43 bits per heavy atom. The molecule has 4 aliphatic rings. The Bertz CT molecular complexity index is 392. The average Bonchev–Trinajstić information content (AvgIpc) is 3.11. The van der Waals surface area contributed by atoms with Crippen molar-refractivity contribution in [2.24, 2.45) is 23.2 Å². The smallest absolute Gasteiger partial charge is 0.222 e. The van der Waals surface area contributed by atoms with Gasteiger partial charge in [-0.15, -0.1) is 0 Å². The summed E-state index contributed by atoms with van der Waals surface area (Å²) in [5.41, 5.74) is 0.564. The van der Waals surface area contributed by atoms with Crippen molar-refractivity contribution in [2.75, 3.05) is 26.2 Å². The lowest BCUT2D eigenvalue weighted by atomic mass is 9.71. The number of carbonyl (C=O) groups is 1. The standard InChI is InChI=1S/C18H30N2O/c21-17(13-16-12-14-1-2-15(16)11-14)20-9-5-18(6-10-20)3-7-19-8-4-18/h14-16,19H,1-13H2. The second-order valence-corrected chi connectivity index (χ2v) is 8.27. The second-order valence-electron chi connectivity index (χ2n) is 8.27. The lowest BCUT2D eigenvalue weighted by Gasteiger charge is -2.44. The summed E-state index contributed by atoms with van der Waals surface area (Å²) in [7, 11) is 0. The first kappa shape index (κ1) is 14.0. The average molecular weight is 290 g/mol. The molecular formula is C18H30N2O. The molecule has 3 heteroatoms. The van der Waals surface area contributed by atoms with Gasteiger partial charge in [0.1, 0.15) is 0 Å². The van der Waals surface area contributed by atoms with Crippen LogP contribution in [-0.2, 0) is 4.79 Å². The summed E-state index contributed by atoms with van der Waals surface area (Å²) in [6.45, 7) is 4.41. The molecule has 3 nitrogen and oxygen atoms in total. The van der Waals surface area contributed by atoms with Crippen LogP contribution in [0.25, 0.3) is 0 Å². The zero-order valence-electron chi connectivity index (χ0n) is 13.3. The van der Waals surface area contributed by atoms with Crippen LogP contribution in [0.15, 0.2) is 0 Å². The Morgan fingerprint density at radius 2 is 1.81 bits per heavy atom. The number of amides is 1. The molecule has 2 aliphatic carbocycles. The molecule has 2 saturated carbocycles. The van der Waals surface area contributed by atoms with Crippen molar-refractivity contribution < 1.29 is 4.79 Å². The summed E-state index contributed by atoms with van der Waals surface area (Å²) in [4.78, 5) is 14.8. The molecule has 2 heterocycles. The van der Waals surface area contributed by atoms with Crippen LogP contribution < -0.4 is 5.32 Å².